The number of fused-ring (bicyclic) bond motifs is 1. The van der Waals surface area contributed by atoms with Gasteiger partial charge in [0.25, 0.3) is 0 Å². The van der Waals surface area contributed by atoms with Crippen molar-refractivity contribution in [3.63, 3.8) is 0 Å². The van der Waals surface area contributed by atoms with E-state index in [4.69, 9.17) is 4.98 Å². The van der Waals surface area contributed by atoms with Crippen LogP contribution in [0, 0.1) is 0 Å². The van der Waals surface area contributed by atoms with Gasteiger partial charge in [0.15, 0.2) is 0 Å². The number of thiophene rings is 1. The summed E-state index contributed by atoms with van der Waals surface area (Å²) in [6, 6.07) is 17.2. The van der Waals surface area contributed by atoms with Gasteiger partial charge in [0.05, 0.1) is 16.1 Å². The van der Waals surface area contributed by atoms with Crippen LogP contribution >= 0.6 is 11.3 Å². The molecule has 0 amide bonds. The van der Waals surface area contributed by atoms with E-state index in [2.05, 4.69) is 48.6 Å². The molecule has 0 aliphatic rings. The summed E-state index contributed by atoms with van der Waals surface area (Å²) in [7, 11) is 1.98. The van der Waals surface area contributed by atoms with Gasteiger partial charge in [-0.25, -0.2) is 4.98 Å². The van der Waals surface area contributed by atoms with E-state index in [0.29, 0.717) is 6.04 Å². The lowest BCUT2D eigenvalue weighted by Gasteiger charge is -2.06. The first-order chi connectivity index (χ1) is 9.28. The highest BCUT2D eigenvalue weighted by atomic mass is 32.1. The quantitative estimate of drug-likeness (QED) is 0.768. The van der Waals surface area contributed by atoms with Crippen LogP contribution in [0.25, 0.3) is 21.5 Å². The third-order valence-corrected chi connectivity index (χ3v) is 4.63. The lowest BCUT2D eigenvalue weighted by Crippen LogP contribution is -2.10. The van der Waals surface area contributed by atoms with Crippen LogP contribution in [0.1, 0.15) is 17.8 Å². The lowest BCUT2D eigenvalue weighted by molar-refractivity contribution is 0.664. The van der Waals surface area contributed by atoms with Gasteiger partial charge in [-0.05, 0) is 38.2 Å². The SMILES string of the molecule is CNC(C)c1ccc(-c2ccc3ccccc3n2)s1. The predicted molar refractivity (Wildman–Crippen MR) is 82.5 cm³/mol. The van der Waals surface area contributed by atoms with Crippen LogP contribution in [-0.4, -0.2) is 12.0 Å². The molecule has 1 N–H and O–H groups in total. The molecule has 1 atom stereocenters. The van der Waals surface area contributed by atoms with Crippen LogP contribution in [0.15, 0.2) is 48.5 Å². The van der Waals surface area contributed by atoms with Gasteiger partial charge < -0.3 is 5.32 Å². The second-order valence-corrected chi connectivity index (χ2v) is 5.72. The second-order valence-electron chi connectivity index (χ2n) is 4.60. The summed E-state index contributed by atoms with van der Waals surface area (Å²) in [6.45, 7) is 2.17. The minimum Gasteiger partial charge on any atom is -0.313 e. The first-order valence-electron chi connectivity index (χ1n) is 6.41. The van der Waals surface area contributed by atoms with E-state index >= 15 is 0 Å². The Hall–Kier alpha value is -1.71. The molecule has 0 aliphatic carbocycles. The average Bonchev–Trinajstić information content (AvgIpc) is 2.95. The maximum Gasteiger partial charge on any atom is 0.0809 e. The van der Waals surface area contributed by atoms with Gasteiger partial charge in [-0.3, -0.25) is 0 Å². The van der Waals surface area contributed by atoms with Crippen molar-refractivity contribution in [1.29, 1.82) is 0 Å². The minimum absolute atomic E-state index is 0.388. The molecule has 2 aromatic heterocycles. The Morgan fingerprint density at radius 2 is 1.89 bits per heavy atom. The van der Waals surface area contributed by atoms with Gasteiger partial charge in [-0.1, -0.05) is 24.3 Å². The van der Waals surface area contributed by atoms with Gasteiger partial charge >= 0.3 is 0 Å². The Balaban J connectivity index is 2.01. The highest BCUT2D eigenvalue weighted by Crippen LogP contribution is 2.31. The summed E-state index contributed by atoms with van der Waals surface area (Å²) in [5, 5.41) is 4.45. The highest BCUT2D eigenvalue weighted by Gasteiger charge is 2.09. The number of pyridine rings is 1. The summed E-state index contributed by atoms with van der Waals surface area (Å²) in [4.78, 5) is 7.30. The fraction of sp³-hybridized carbons (Fsp3) is 0.188. The summed E-state index contributed by atoms with van der Waals surface area (Å²) in [6.07, 6.45) is 0. The molecule has 0 saturated carbocycles. The van der Waals surface area contributed by atoms with E-state index < -0.39 is 0 Å². The van der Waals surface area contributed by atoms with E-state index in [1.54, 1.807) is 11.3 Å². The third-order valence-electron chi connectivity index (χ3n) is 3.34. The van der Waals surface area contributed by atoms with Crippen molar-refractivity contribution in [1.82, 2.24) is 10.3 Å². The van der Waals surface area contributed by atoms with Crippen LogP contribution in [0.4, 0.5) is 0 Å². The lowest BCUT2D eigenvalue weighted by atomic mass is 10.2. The summed E-state index contributed by atoms with van der Waals surface area (Å²) in [5.41, 5.74) is 2.11. The van der Waals surface area contributed by atoms with Crippen LogP contribution < -0.4 is 5.32 Å². The number of benzene rings is 1. The number of nitrogens with zero attached hydrogens (tertiary/aromatic N) is 1. The molecule has 0 bridgehead atoms. The van der Waals surface area contributed by atoms with E-state index in [9.17, 15) is 0 Å². The standard InChI is InChI=1S/C16H16N2S/c1-11(17-2)15-9-10-16(19-15)14-8-7-12-5-3-4-6-13(12)18-14/h3-11,17H,1-2H3. The van der Waals surface area contributed by atoms with Crippen molar-refractivity contribution in [3.8, 4) is 10.6 Å². The zero-order valence-electron chi connectivity index (χ0n) is 11.1. The summed E-state index contributed by atoms with van der Waals surface area (Å²) < 4.78 is 0. The maximum atomic E-state index is 4.73. The summed E-state index contributed by atoms with van der Waals surface area (Å²) >= 11 is 1.80. The largest absolute Gasteiger partial charge is 0.313 e. The van der Waals surface area contributed by atoms with Gasteiger partial charge in [0.1, 0.15) is 0 Å². The van der Waals surface area contributed by atoms with Crippen LogP contribution in [0.3, 0.4) is 0 Å². The molecular formula is C16H16N2S. The van der Waals surface area contributed by atoms with Gasteiger partial charge in [-0.2, -0.15) is 0 Å². The Labute approximate surface area is 117 Å². The molecule has 19 heavy (non-hydrogen) atoms. The molecule has 1 unspecified atom stereocenters. The van der Waals surface area contributed by atoms with Crippen LogP contribution in [0.5, 0.6) is 0 Å². The smallest absolute Gasteiger partial charge is 0.0809 e. The van der Waals surface area contributed by atoms with Gasteiger partial charge in [0, 0.05) is 16.3 Å². The van der Waals surface area contributed by atoms with Crippen molar-refractivity contribution in [2.24, 2.45) is 0 Å². The Morgan fingerprint density at radius 3 is 2.74 bits per heavy atom. The molecule has 2 nitrogen and oxygen atoms in total. The summed E-state index contributed by atoms with van der Waals surface area (Å²) in [5.74, 6) is 0. The van der Waals surface area contributed by atoms with E-state index in [0.717, 1.165) is 11.2 Å². The molecule has 0 fully saturated rings. The van der Waals surface area contributed by atoms with E-state index in [-0.39, 0.29) is 0 Å². The Kier molecular flexibility index (Phi) is 3.32. The second kappa shape index (κ2) is 5.11. The third kappa shape index (κ3) is 2.39. The van der Waals surface area contributed by atoms with Crippen molar-refractivity contribution in [3.05, 3.63) is 53.4 Å². The van der Waals surface area contributed by atoms with Crippen molar-refractivity contribution < 1.29 is 0 Å². The van der Waals surface area contributed by atoms with Crippen molar-refractivity contribution in [2.75, 3.05) is 7.05 Å². The predicted octanol–water partition coefficient (Wildman–Crippen LogP) is 4.24. The Morgan fingerprint density at radius 1 is 1.05 bits per heavy atom. The molecule has 3 heteroatoms. The highest BCUT2D eigenvalue weighted by molar-refractivity contribution is 7.15. The molecule has 0 radical (unpaired) electrons. The number of rotatable bonds is 3. The van der Waals surface area contributed by atoms with Crippen molar-refractivity contribution in [2.45, 2.75) is 13.0 Å². The fourth-order valence-electron chi connectivity index (χ4n) is 2.07. The van der Waals surface area contributed by atoms with Gasteiger partial charge in [-0.15, -0.1) is 11.3 Å². The monoisotopic (exact) mass is 268 g/mol. The molecular weight excluding hydrogens is 252 g/mol. The molecule has 96 valence electrons. The average molecular weight is 268 g/mol. The molecule has 0 spiro atoms. The number of aromatic nitrogens is 1. The first-order valence-corrected chi connectivity index (χ1v) is 7.23. The van der Waals surface area contributed by atoms with Crippen molar-refractivity contribution >= 4 is 22.2 Å². The normalized spacial score (nSPS) is 12.7. The fourth-order valence-corrected chi connectivity index (χ4v) is 3.11. The number of nitrogens with one attached hydrogen (secondary N) is 1. The maximum absolute atomic E-state index is 4.73. The van der Waals surface area contributed by atoms with Crippen LogP contribution in [-0.2, 0) is 0 Å². The Bertz CT molecular complexity index is 703. The zero-order valence-corrected chi connectivity index (χ0v) is 11.9. The number of hydrogen-bond acceptors (Lipinski definition) is 3. The topological polar surface area (TPSA) is 24.9 Å². The van der Waals surface area contributed by atoms with Crippen LogP contribution in [0.2, 0.25) is 0 Å². The van der Waals surface area contributed by atoms with Gasteiger partial charge in [0.2, 0.25) is 0 Å². The molecule has 3 rings (SSSR count). The first kappa shape index (κ1) is 12.3. The van der Waals surface area contributed by atoms with E-state index in [1.165, 1.54) is 15.1 Å². The number of hydrogen-bond donors (Lipinski definition) is 1. The zero-order chi connectivity index (χ0) is 13.2. The molecule has 2 heterocycles. The molecule has 0 aliphatic heterocycles. The minimum atomic E-state index is 0.388. The number of para-hydroxylation sites is 1. The molecule has 3 aromatic rings. The van der Waals surface area contributed by atoms with E-state index in [1.807, 2.05) is 19.2 Å². The molecule has 1 aromatic carbocycles. The molecule has 0 saturated heterocycles.